The van der Waals surface area contributed by atoms with Gasteiger partial charge >= 0.3 is 6.03 Å². The molecule has 0 aliphatic carbocycles. The molecule has 0 aliphatic rings. The number of carbonyl (C=O) groups is 1. The van der Waals surface area contributed by atoms with Gasteiger partial charge < -0.3 is 9.73 Å². The lowest BCUT2D eigenvalue weighted by Crippen LogP contribution is -2.19. The summed E-state index contributed by atoms with van der Waals surface area (Å²) in [6.45, 7) is 0. The largest absolute Gasteiger partial charge is 0.462 e. The fourth-order valence-electron chi connectivity index (χ4n) is 1.60. The number of anilines is 2. The summed E-state index contributed by atoms with van der Waals surface area (Å²) in [6, 6.07) is 9.98. The maximum Gasteiger partial charge on any atom is 0.325 e. The summed E-state index contributed by atoms with van der Waals surface area (Å²) >= 11 is 7.07. The molecule has 2 amide bonds. The predicted molar refractivity (Wildman–Crippen MR) is 81.7 cm³/mol. The molecule has 21 heavy (non-hydrogen) atoms. The number of hydrogen-bond donors (Lipinski definition) is 2. The number of rotatable bonds is 3. The standard InChI is InChI=1S/C13H9ClN4O2S/c14-8-3-1-4-9(7-8)15-12(19)16-13-18-17-11(21-13)10-5-2-6-20-10/h1-7H,(H2,15,16,18,19). The molecule has 3 rings (SSSR count). The molecule has 0 atom stereocenters. The van der Waals surface area contributed by atoms with Crippen LogP contribution in [0.5, 0.6) is 0 Å². The quantitative estimate of drug-likeness (QED) is 0.761. The van der Waals surface area contributed by atoms with Crippen LogP contribution in [0, 0.1) is 0 Å². The number of carbonyl (C=O) groups excluding carboxylic acids is 1. The van der Waals surface area contributed by atoms with E-state index >= 15 is 0 Å². The zero-order valence-corrected chi connectivity index (χ0v) is 12.1. The molecule has 0 saturated heterocycles. The highest BCUT2D eigenvalue weighted by Crippen LogP contribution is 2.26. The van der Waals surface area contributed by atoms with E-state index in [9.17, 15) is 4.79 Å². The second-order valence-corrected chi connectivity index (χ2v) is 5.39. The third kappa shape index (κ3) is 3.39. The highest BCUT2D eigenvalue weighted by Gasteiger charge is 2.11. The molecule has 0 aliphatic heterocycles. The minimum Gasteiger partial charge on any atom is -0.462 e. The molecule has 0 fully saturated rings. The Bertz CT molecular complexity index is 757. The lowest BCUT2D eigenvalue weighted by atomic mass is 10.3. The monoisotopic (exact) mass is 320 g/mol. The van der Waals surface area contributed by atoms with E-state index in [2.05, 4.69) is 20.8 Å². The van der Waals surface area contributed by atoms with Crippen molar-refractivity contribution in [1.29, 1.82) is 0 Å². The van der Waals surface area contributed by atoms with Crippen LogP contribution in [0.25, 0.3) is 10.8 Å². The van der Waals surface area contributed by atoms with Crippen LogP contribution in [-0.4, -0.2) is 16.2 Å². The SMILES string of the molecule is O=C(Nc1cccc(Cl)c1)Nc1nnc(-c2ccco2)s1. The Morgan fingerprint density at radius 1 is 1.19 bits per heavy atom. The van der Waals surface area contributed by atoms with Crippen LogP contribution in [0.3, 0.4) is 0 Å². The van der Waals surface area contributed by atoms with Crippen molar-refractivity contribution in [2.75, 3.05) is 10.6 Å². The lowest BCUT2D eigenvalue weighted by molar-refractivity contribution is 0.262. The molecule has 0 bridgehead atoms. The van der Waals surface area contributed by atoms with Crippen LogP contribution < -0.4 is 10.6 Å². The van der Waals surface area contributed by atoms with Gasteiger partial charge in [0.2, 0.25) is 5.13 Å². The first-order valence-electron chi connectivity index (χ1n) is 5.92. The number of amides is 2. The van der Waals surface area contributed by atoms with Crippen molar-refractivity contribution in [3.63, 3.8) is 0 Å². The van der Waals surface area contributed by atoms with Gasteiger partial charge in [-0.3, -0.25) is 5.32 Å². The number of nitrogens with one attached hydrogen (secondary N) is 2. The van der Waals surface area contributed by atoms with Gasteiger partial charge in [-0.1, -0.05) is 29.0 Å². The summed E-state index contributed by atoms with van der Waals surface area (Å²) in [5.41, 5.74) is 0.593. The van der Waals surface area contributed by atoms with Gasteiger partial charge in [-0.15, -0.1) is 10.2 Å². The van der Waals surface area contributed by atoms with Crippen LogP contribution in [0.1, 0.15) is 0 Å². The number of halogens is 1. The van der Waals surface area contributed by atoms with E-state index in [-0.39, 0.29) is 0 Å². The molecular formula is C13H9ClN4O2S. The van der Waals surface area contributed by atoms with Crippen LogP contribution in [0.2, 0.25) is 5.02 Å². The van der Waals surface area contributed by atoms with Gasteiger partial charge in [-0.2, -0.15) is 0 Å². The topological polar surface area (TPSA) is 80.0 Å². The molecule has 0 unspecified atom stereocenters. The number of benzene rings is 1. The number of hydrogen-bond acceptors (Lipinski definition) is 5. The molecule has 2 N–H and O–H groups in total. The molecule has 6 nitrogen and oxygen atoms in total. The molecule has 3 aromatic rings. The second-order valence-electron chi connectivity index (χ2n) is 3.98. The van der Waals surface area contributed by atoms with Crippen LogP contribution in [0.15, 0.2) is 47.1 Å². The lowest BCUT2D eigenvalue weighted by Gasteiger charge is -2.04. The third-order valence-corrected chi connectivity index (χ3v) is 3.55. The normalized spacial score (nSPS) is 10.3. The number of aromatic nitrogens is 2. The number of furan rings is 1. The maximum atomic E-state index is 11.8. The van der Waals surface area contributed by atoms with Crippen molar-refractivity contribution in [3.05, 3.63) is 47.7 Å². The zero-order chi connectivity index (χ0) is 14.7. The van der Waals surface area contributed by atoms with Crippen LogP contribution in [-0.2, 0) is 0 Å². The van der Waals surface area contributed by atoms with E-state index in [1.54, 1.807) is 42.7 Å². The van der Waals surface area contributed by atoms with Crippen molar-refractivity contribution >= 4 is 39.8 Å². The second kappa shape index (κ2) is 5.94. The molecule has 0 saturated carbocycles. The molecular weight excluding hydrogens is 312 g/mol. The summed E-state index contributed by atoms with van der Waals surface area (Å²) in [7, 11) is 0. The van der Waals surface area contributed by atoms with E-state index in [1.807, 2.05) is 0 Å². The average Bonchev–Trinajstić information content (AvgIpc) is 3.08. The first-order chi connectivity index (χ1) is 10.2. The Morgan fingerprint density at radius 3 is 2.86 bits per heavy atom. The Balaban J connectivity index is 1.65. The summed E-state index contributed by atoms with van der Waals surface area (Å²) in [4.78, 5) is 11.8. The average molecular weight is 321 g/mol. The van der Waals surface area contributed by atoms with E-state index in [1.165, 1.54) is 11.3 Å². The highest BCUT2D eigenvalue weighted by molar-refractivity contribution is 7.18. The number of urea groups is 1. The molecule has 0 radical (unpaired) electrons. The van der Waals surface area contributed by atoms with Gasteiger partial charge in [0.15, 0.2) is 10.8 Å². The van der Waals surface area contributed by atoms with Crippen molar-refractivity contribution in [3.8, 4) is 10.8 Å². The van der Waals surface area contributed by atoms with Crippen molar-refractivity contribution in [2.24, 2.45) is 0 Å². The van der Waals surface area contributed by atoms with E-state index in [4.69, 9.17) is 16.0 Å². The fraction of sp³-hybridized carbons (Fsp3) is 0. The van der Waals surface area contributed by atoms with Gasteiger partial charge in [0.05, 0.1) is 6.26 Å². The maximum absolute atomic E-state index is 11.8. The predicted octanol–water partition coefficient (Wildman–Crippen LogP) is 4.10. The molecule has 106 valence electrons. The Hall–Kier alpha value is -2.38. The minimum atomic E-state index is -0.417. The molecule has 2 aromatic heterocycles. The van der Waals surface area contributed by atoms with E-state index in [0.717, 1.165) is 0 Å². The van der Waals surface area contributed by atoms with Gasteiger partial charge in [0.25, 0.3) is 0 Å². The Morgan fingerprint density at radius 2 is 2.10 bits per heavy atom. The highest BCUT2D eigenvalue weighted by atomic mass is 35.5. The summed E-state index contributed by atoms with van der Waals surface area (Å²) < 4.78 is 5.21. The van der Waals surface area contributed by atoms with Gasteiger partial charge in [-0.05, 0) is 30.3 Å². The van der Waals surface area contributed by atoms with E-state index in [0.29, 0.717) is 26.6 Å². The van der Waals surface area contributed by atoms with Gasteiger partial charge in [-0.25, -0.2) is 4.79 Å². The molecule has 2 heterocycles. The number of nitrogens with zero attached hydrogens (tertiary/aromatic N) is 2. The Kier molecular flexibility index (Phi) is 3.85. The van der Waals surface area contributed by atoms with Gasteiger partial charge in [0.1, 0.15) is 0 Å². The first kappa shape index (κ1) is 13.6. The van der Waals surface area contributed by atoms with Crippen molar-refractivity contribution in [2.45, 2.75) is 0 Å². The third-order valence-electron chi connectivity index (χ3n) is 2.46. The summed E-state index contributed by atoms with van der Waals surface area (Å²) in [5.74, 6) is 0.607. The van der Waals surface area contributed by atoms with Crippen LogP contribution >= 0.6 is 22.9 Å². The van der Waals surface area contributed by atoms with Crippen molar-refractivity contribution < 1.29 is 9.21 Å². The first-order valence-corrected chi connectivity index (χ1v) is 7.11. The van der Waals surface area contributed by atoms with E-state index < -0.39 is 6.03 Å². The molecule has 1 aromatic carbocycles. The van der Waals surface area contributed by atoms with Gasteiger partial charge in [0, 0.05) is 10.7 Å². The summed E-state index contributed by atoms with van der Waals surface area (Å²) in [6.07, 6.45) is 1.55. The molecule has 8 heteroatoms. The zero-order valence-electron chi connectivity index (χ0n) is 10.5. The Labute approximate surface area is 128 Å². The molecule has 0 spiro atoms. The summed E-state index contributed by atoms with van der Waals surface area (Å²) in [5, 5.41) is 14.6. The van der Waals surface area contributed by atoms with Crippen LogP contribution in [0.4, 0.5) is 15.6 Å². The fourth-order valence-corrected chi connectivity index (χ4v) is 2.50. The smallest absolute Gasteiger partial charge is 0.325 e. The minimum absolute atomic E-state index is 0.376. The van der Waals surface area contributed by atoms with Crippen molar-refractivity contribution in [1.82, 2.24) is 10.2 Å².